The van der Waals surface area contributed by atoms with Gasteiger partial charge in [0.2, 0.25) is 11.8 Å². The molecule has 1 aliphatic heterocycles. The molecule has 3 N–H and O–H groups in total. The zero-order chi connectivity index (χ0) is 15.4. The van der Waals surface area contributed by atoms with E-state index in [2.05, 4.69) is 26.2 Å². The Morgan fingerprint density at radius 2 is 2.10 bits per heavy atom. The van der Waals surface area contributed by atoms with E-state index in [1.54, 1.807) is 24.1 Å². The Balaban J connectivity index is 1.86. The van der Waals surface area contributed by atoms with Gasteiger partial charge in [-0.05, 0) is 47.8 Å². The van der Waals surface area contributed by atoms with Gasteiger partial charge in [-0.3, -0.25) is 9.59 Å². The predicted molar refractivity (Wildman–Crippen MR) is 83.5 cm³/mol. The summed E-state index contributed by atoms with van der Waals surface area (Å²) < 4.78 is 0.864. The molecular weight excluding hydrogens is 336 g/mol. The molecular formula is C14H19BrN4O2. The highest BCUT2D eigenvalue weighted by Crippen LogP contribution is 2.20. The van der Waals surface area contributed by atoms with Gasteiger partial charge < -0.3 is 16.0 Å². The lowest BCUT2D eigenvalue weighted by Gasteiger charge is -2.32. The van der Waals surface area contributed by atoms with E-state index in [4.69, 9.17) is 5.73 Å². The molecule has 1 aromatic heterocycles. The molecule has 1 saturated heterocycles. The first-order valence-corrected chi connectivity index (χ1v) is 7.73. The summed E-state index contributed by atoms with van der Waals surface area (Å²) in [6, 6.07) is 3.09. The molecule has 2 rings (SSSR count). The van der Waals surface area contributed by atoms with Crippen molar-refractivity contribution in [3.8, 4) is 0 Å². The smallest absolute Gasteiger partial charge is 0.239 e. The van der Waals surface area contributed by atoms with Gasteiger partial charge in [-0.25, -0.2) is 4.98 Å². The van der Waals surface area contributed by atoms with Gasteiger partial charge in [-0.2, -0.15) is 0 Å². The lowest BCUT2D eigenvalue weighted by Crippen LogP contribution is -2.47. The summed E-state index contributed by atoms with van der Waals surface area (Å²) in [6.07, 6.45) is 2.95. The minimum absolute atomic E-state index is 0.0438. The average Bonchev–Trinajstić information content (AvgIpc) is 2.49. The molecule has 0 bridgehead atoms. The van der Waals surface area contributed by atoms with E-state index >= 15 is 0 Å². The van der Waals surface area contributed by atoms with Crippen molar-refractivity contribution < 1.29 is 9.59 Å². The SMILES string of the molecule is CC(N)C(=O)N1CCC(C(=O)Nc2ccc(Br)cn2)CC1. The van der Waals surface area contributed by atoms with Crippen molar-refractivity contribution in [1.82, 2.24) is 9.88 Å². The maximum Gasteiger partial charge on any atom is 0.239 e. The van der Waals surface area contributed by atoms with Crippen LogP contribution in [0.15, 0.2) is 22.8 Å². The van der Waals surface area contributed by atoms with Gasteiger partial charge in [0.15, 0.2) is 0 Å². The number of anilines is 1. The summed E-state index contributed by atoms with van der Waals surface area (Å²) >= 11 is 3.30. The normalized spacial score (nSPS) is 17.4. The third kappa shape index (κ3) is 4.25. The number of nitrogens with one attached hydrogen (secondary N) is 1. The first kappa shape index (κ1) is 15.9. The van der Waals surface area contributed by atoms with Crippen molar-refractivity contribution >= 4 is 33.6 Å². The molecule has 2 amide bonds. The number of pyridine rings is 1. The number of halogens is 1. The molecule has 1 fully saturated rings. The summed E-state index contributed by atoms with van der Waals surface area (Å²) in [5, 5.41) is 2.81. The molecule has 1 unspecified atom stereocenters. The van der Waals surface area contributed by atoms with Crippen molar-refractivity contribution in [2.75, 3.05) is 18.4 Å². The summed E-state index contributed by atoms with van der Waals surface area (Å²) in [5.74, 6) is 0.353. The zero-order valence-corrected chi connectivity index (χ0v) is 13.5. The first-order chi connectivity index (χ1) is 9.97. The number of hydrogen-bond acceptors (Lipinski definition) is 4. The molecule has 0 spiro atoms. The lowest BCUT2D eigenvalue weighted by molar-refractivity contribution is -0.135. The minimum atomic E-state index is -0.484. The maximum atomic E-state index is 12.2. The fourth-order valence-corrected chi connectivity index (χ4v) is 2.56. The molecule has 114 valence electrons. The molecule has 7 heteroatoms. The largest absolute Gasteiger partial charge is 0.341 e. The Labute approximate surface area is 132 Å². The highest BCUT2D eigenvalue weighted by atomic mass is 79.9. The third-order valence-electron chi connectivity index (χ3n) is 3.55. The Hall–Kier alpha value is -1.47. The van der Waals surface area contributed by atoms with Crippen LogP contribution in [0.25, 0.3) is 0 Å². The number of piperidine rings is 1. The summed E-state index contributed by atoms with van der Waals surface area (Å²) in [4.78, 5) is 29.8. The number of likely N-dealkylation sites (tertiary alicyclic amines) is 1. The van der Waals surface area contributed by atoms with Crippen LogP contribution in [0.4, 0.5) is 5.82 Å². The average molecular weight is 355 g/mol. The quantitative estimate of drug-likeness (QED) is 0.857. The Kier molecular flexibility index (Phi) is 5.30. The van der Waals surface area contributed by atoms with Crippen LogP contribution in [0, 0.1) is 5.92 Å². The van der Waals surface area contributed by atoms with E-state index in [0.29, 0.717) is 31.7 Å². The number of carbonyl (C=O) groups is 2. The van der Waals surface area contributed by atoms with E-state index in [-0.39, 0.29) is 17.7 Å². The van der Waals surface area contributed by atoms with Gasteiger partial charge in [0.05, 0.1) is 6.04 Å². The van der Waals surface area contributed by atoms with Crippen molar-refractivity contribution in [3.63, 3.8) is 0 Å². The van der Waals surface area contributed by atoms with Gasteiger partial charge >= 0.3 is 0 Å². The van der Waals surface area contributed by atoms with E-state index < -0.39 is 6.04 Å². The standard InChI is InChI=1S/C14H19BrN4O2/c1-9(16)14(21)19-6-4-10(5-7-19)13(20)18-12-3-2-11(15)8-17-12/h2-3,8-10H,4-7,16H2,1H3,(H,17,18,20). The molecule has 0 aliphatic carbocycles. The van der Waals surface area contributed by atoms with Crippen molar-refractivity contribution in [1.29, 1.82) is 0 Å². The first-order valence-electron chi connectivity index (χ1n) is 6.94. The molecule has 1 aromatic rings. The number of hydrogen-bond donors (Lipinski definition) is 2. The van der Waals surface area contributed by atoms with E-state index in [9.17, 15) is 9.59 Å². The highest BCUT2D eigenvalue weighted by Gasteiger charge is 2.28. The number of aromatic nitrogens is 1. The molecule has 6 nitrogen and oxygen atoms in total. The zero-order valence-electron chi connectivity index (χ0n) is 11.9. The predicted octanol–water partition coefficient (Wildman–Crippen LogP) is 1.37. The summed E-state index contributed by atoms with van der Waals surface area (Å²) in [6.45, 7) is 2.83. The molecule has 0 radical (unpaired) electrons. The van der Waals surface area contributed by atoms with Crippen molar-refractivity contribution in [2.24, 2.45) is 11.7 Å². The van der Waals surface area contributed by atoms with E-state index in [1.807, 2.05) is 6.07 Å². The van der Waals surface area contributed by atoms with Gasteiger partial charge in [-0.1, -0.05) is 0 Å². The van der Waals surface area contributed by atoms with Crippen LogP contribution >= 0.6 is 15.9 Å². The number of nitrogens with zero attached hydrogens (tertiary/aromatic N) is 2. The molecule has 0 aromatic carbocycles. The van der Waals surface area contributed by atoms with Crippen molar-refractivity contribution in [3.05, 3.63) is 22.8 Å². The number of carbonyl (C=O) groups excluding carboxylic acids is 2. The van der Waals surface area contributed by atoms with Crippen LogP contribution in [0.5, 0.6) is 0 Å². The third-order valence-corrected chi connectivity index (χ3v) is 4.01. The Bertz CT molecular complexity index is 510. The molecule has 1 aliphatic rings. The number of rotatable bonds is 3. The second kappa shape index (κ2) is 7.00. The second-order valence-corrected chi connectivity index (χ2v) is 6.15. The van der Waals surface area contributed by atoms with Gasteiger partial charge in [0, 0.05) is 29.7 Å². The van der Waals surface area contributed by atoms with Gasteiger partial charge in [-0.15, -0.1) is 0 Å². The fourth-order valence-electron chi connectivity index (χ4n) is 2.33. The monoisotopic (exact) mass is 354 g/mol. The second-order valence-electron chi connectivity index (χ2n) is 5.24. The van der Waals surface area contributed by atoms with E-state index in [0.717, 1.165) is 4.47 Å². The fraction of sp³-hybridized carbons (Fsp3) is 0.500. The van der Waals surface area contributed by atoms with Crippen LogP contribution in [0.2, 0.25) is 0 Å². The van der Waals surface area contributed by atoms with Crippen LogP contribution in [-0.4, -0.2) is 40.8 Å². The van der Waals surface area contributed by atoms with Crippen LogP contribution < -0.4 is 11.1 Å². The highest BCUT2D eigenvalue weighted by molar-refractivity contribution is 9.10. The molecule has 2 heterocycles. The van der Waals surface area contributed by atoms with Crippen LogP contribution in [-0.2, 0) is 9.59 Å². The number of nitrogens with two attached hydrogens (primary N) is 1. The minimum Gasteiger partial charge on any atom is -0.341 e. The Morgan fingerprint density at radius 1 is 1.43 bits per heavy atom. The summed E-state index contributed by atoms with van der Waals surface area (Å²) in [7, 11) is 0. The van der Waals surface area contributed by atoms with Crippen molar-refractivity contribution in [2.45, 2.75) is 25.8 Å². The van der Waals surface area contributed by atoms with Crippen LogP contribution in [0.1, 0.15) is 19.8 Å². The van der Waals surface area contributed by atoms with Crippen LogP contribution in [0.3, 0.4) is 0 Å². The molecule has 21 heavy (non-hydrogen) atoms. The number of amides is 2. The van der Waals surface area contributed by atoms with Gasteiger partial charge in [0.1, 0.15) is 5.82 Å². The molecule has 1 atom stereocenters. The summed E-state index contributed by atoms with van der Waals surface area (Å²) in [5.41, 5.74) is 5.59. The van der Waals surface area contributed by atoms with E-state index in [1.165, 1.54) is 0 Å². The Morgan fingerprint density at radius 3 is 2.62 bits per heavy atom. The maximum absolute atomic E-state index is 12.2. The molecule has 0 saturated carbocycles. The van der Waals surface area contributed by atoms with Gasteiger partial charge in [0.25, 0.3) is 0 Å². The topological polar surface area (TPSA) is 88.3 Å². The lowest BCUT2D eigenvalue weighted by atomic mass is 9.95.